The van der Waals surface area contributed by atoms with E-state index in [4.69, 9.17) is 4.74 Å². The van der Waals surface area contributed by atoms with Crippen molar-refractivity contribution in [2.75, 3.05) is 6.61 Å². The highest BCUT2D eigenvalue weighted by Crippen LogP contribution is 2.11. The molecule has 0 amide bonds. The molecule has 0 aliphatic carbocycles. The maximum atomic E-state index is 11.7. The van der Waals surface area contributed by atoms with E-state index in [9.17, 15) is 9.59 Å². The first-order valence-corrected chi connectivity index (χ1v) is 8.61. The normalized spacial score (nSPS) is 21.9. The first-order chi connectivity index (χ1) is 10.3. The highest BCUT2D eigenvalue weighted by molar-refractivity contribution is 5.78. The van der Waals surface area contributed by atoms with Gasteiger partial charge in [0, 0.05) is 19.3 Å². The molecule has 21 heavy (non-hydrogen) atoms. The van der Waals surface area contributed by atoms with Crippen LogP contribution < -0.4 is 0 Å². The lowest BCUT2D eigenvalue weighted by molar-refractivity contribution is -0.143. The van der Waals surface area contributed by atoms with Crippen LogP contribution in [-0.2, 0) is 14.3 Å². The van der Waals surface area contributed by atoms with Crippen LogP contribution in [0.1, 0.15) is 83.5 Å². The first-order valence-electron chi connectivity index (χ1n) is 8.61. The molecule has 1 aliphatic heterocycles. The first kappa shape index (κ1) is 17.9. The zero-order valence-corrected chi connectivity index (χ0v) is 13.3. The molecule has 0 aromatic heterocycles. The predicted molar refractivity (Wildman–Crippen MR) is 85.1 cm³/mol. The molecule has 0 aromatic carbocycles. The molecule has 0 fully saturated rings. The Bertz CT molecular complexity index is 320. The summed E-state index contributed by atoms with van der Waals surface area (Å²) in [5.41, 5.74) is 0. The van der Waals surface area contributed by atoms with Crippen molar-refractivity contribution in [1.29, 1.82) is 0 Å². The van der Waals surface area contributed by atoms with Crippen molar-refractivity contribution in [1.82, 2.24) is 0 Å². The Morgan fingerprint density at radius 1 is 0.667 bits per heavy atom. The Morgan fingerprint density at radius 3 is 2.14 bits per heavy atom. The molecular formula is C18H30O3. The van der Waals surface area contributed by atoms with Gasteiger partial charge in [-0.2, -0.15) is 0 Å². The van der Waals surface area contributed by atoms with Crippen LogP contribution in [0, 0.1) is 0 Å². The lowest BCUT2D eigenvalue weighted by Crippen LogP contribution is -2.05. The van der Waals surface area contributed by atoms with Crippen molar-refractivity contribution in [3.05, 3.63) is 12.2 Å². The lowest BCUT2D eigenvalue weighted by atomic mass is 10.0. The molecule has 0 N–H and O–H groups in total. The molecule has 0 unspecified atom stereocenters. The van der Waals surface area contributed by atoms with Crippen LogP contribution in [0.4, 0.5) is 0 Å². The molecule has 1 rings (SSSR count). The number of ether oxygens (including phenoxy) is 1. The van der Waals surface area contributed by atoms with Gasteiger partial charge in [0.05, 0.1) is 6.61 Å². The van der Waals surface area contributed by atoms with Crippen molar-refractivity contribution in [2.45, 2.75) is 83.5 Å². The molecular weight excluding hydrogens is 264 g/mol. The number of allylic oxidation sites excluding steroid dienone is 2. The topological polar surface area (TPSA) is 43.4 Å². The van der Waals surface area contributed by atoms with E-state index in [1.807, 2.05) is 0 Å². The van der Waals surface area contributed by atoms with Gasteiger partial charge >= 0.3 is 5.97 Å². The number of cyclic esters (lactones) is 1. The third kappa shape index (κ3) is 11.2. The Kier molecular flexibility index (Phi) is 10.8. The molecule has 0 bridgehead atoms. The van der Waals surface area contributed by atoms with Crippen LogP contribution in [0.5, 0.6) is 0 Å². The minimum absolute atomic E-state index is 0.0472. The van der Waals surface area contributed by atoms with E-state index in [1.54, 1.807) is 0 Å². The van der Waals surface area contributed by atoms with Gasteiger partial charge in [0.25, 0.3) is 0 Å². The predicted octanol–water partition coefficient (Wildman–Crippen LogP) is 4.74. The Balaban J connectivity index is 2.24. The molecule has 0 spiro atoms. The summed E-state index contributed by atoms with van der Waals surface area (Å²) in [4.78, 5) is 23.2. The molecule has 0 aromatic rings. The van der Waals surface area contributed by atoms with Gasteiger partial charge in [-0.1, -0.05) is 37.8 Å². The second kappa shape index (κ2) is 12.6. The molecule has 1 heterocycles. The fraction of sp³-hybridized carbons (Fsp3) is 0.778. The number of ketones is 1. The molecule has 1 aliphatic rings. The number of Topliss-reactive ketones (excluding diaryl/α,β-unsaturated/α-hetero) is 1. The van der Waals surface area contributed by atoms with Gasteiger partial charge in [-0.05, 0) is 38.5 Å². The van der Waals surface area contributed by atoms with E-state index < -0.39 is 0 Å². The number of carbonyl (C=O) groups is 2. The third-order valence-electron chi connectivity index (χ3n) is 3.87. The standard InChI is InChI=1S/C18H30O3/c19-17-13-9-5-1-2-7-11-15-18(20)21-16-12-8-4-3-6-10-14-17/h3,6H,1-2,4-5,7-16H2. The average Bonchev–Trinajstić information content (AvgIpc) is 2.47. The zero-order chi connectivity index (χ0) is 15.2. The summed E-state index contributed by atoms with van der Waals surface area (Å²) in [6, 6.07) is 0. The van der Waals surface area contributed by atoms with Crippen LogP contribution in [0.3, 0.4) is 0 Å². The summed E-state index contributed by atoms with van der Waals surface area (Å²) in [7, 11) is 0. The maximum absolute atomic E-state index is 11.7. The van der Waals surface area contributed by atoms with Crippen molar-refractivity contribution < 1.29 is 14.3 Å². The summed E-state index contributed by atoms with van der Waals surface area (Å²) in [6.45, 7) is 0.547. The Hall–Kier alpha value is -1.12. The monoisotopic (exact) mass is 294 g/mol. The molecule has 120 valence electrons. The summed E-state index contributed by atoms with van der Waals surface area (Å²) >= 11 is 0. The minimum Gasteiger partial charge on any atom is -0.466 e. The summed E-state index contributed by atoms with van der Waals surface area (Å²) in [5.74, 6) is 0.352. The highest BCUT2D eigenvalue weighted by atomic mass is 16.5. The van der Waals surface area contributed by atoms with E-state index in [2.05, 4.69) is 12.2 Å². The van der Waals surface area contributed by atoms with E-state index in [0.29, 0.717) is 25.2 Å². The van der Waals surface area contributed by atoms with Gasteiger partial charge in [-0.25, -0.2) is 0 Å². The van der Waals surface area contributed by atoms with E-state index in [-0.39, 0.29) is 5.97 Å². The highest BCUT2D eigenvalue weighted by Gasteiger charge is 2.03. The number of rotatable bonds is 0. The fourth-order valence-electron chi connectivity index (χ4n) is 2.53. The van der Waals surface area contributed by atoms with E-state index in [0.717, 1.165) is 64.2 Å². The SMILES string of the molecule is O=C1CCC=CCCCCOC(=O)CCCCCCCC1. The molecule has 0 radical (unpaired) electrons. The average molecular weight is 294 g/mol. The van der Waals surface area contributed by atoms with Crippen LogP contribution in [0.2, 0.25) is 0 Å². The number of esters is 1. The molecule has 3 nitrogen and oxygen atoms in total. The van der Waals surface area contributed by atoms with Crippen molar-refractivity contribution >= 4 is 11.8 Å². The molecule has 0 atom stereocenters. The van der Waals surface area contributed by atoms with E-state index in [1.165, 1.54) is 6.42 Å². The second-order valence-corrected chi connectivity index (χ2v) is 5.89. The van der Waals surface area contributed by atoms with Crippen LogP contribution >= 0.6 is 0 Å². The van der Waals surface area contributed by atoms with E-state index >= 15 is 0 Å². The van der Waals surface area contributed by atoms with Gasteiger partial charge in [0.1, 0.15) is 5.78 Å². The fourth-order valence-corrected chi connectivity index (χ4v) is 2.53. The Morgan fingerprint density at radius 2 is 1.33 bits per heavy atom. The summed E-state index contributed by atoms with van der Waals surface area (Å²) < 4.78 is 5.21. The summed E-state index contributed by atoms with van der Waals surface area (Å²) in [6.07, 6.45) is 16.6. The maximum Gasteiger partial charge on any atom is 0.305 e. The number of hydrogen-bond acceptors (Lipinski definition) is 3. The number of carbonyl (C=O) groups excluding carboxylic acids is 2. The van der Waals surface area contributed by atoms with Crippen LogP contribution in [-0.4, -0.2) is 18.4 Å². The number of hydrogen-bond donors (Lipinski definition) is 0. The molecule has 3 heteroatoms. The zero-order valence-electron chi connectivity index (χ0n) is 13.3. The van der Waals surface area contributed by atoms with Gasteiger partial charge in [-0.3, -0.25) is 9.59 Å². The molecule has 0 saturated heterocycles. The van der Waals surface area contributed by atoms with Gasteiger partial charge < -0.3 is 4.74 Å². The quantitative estimate of drug-likeness (QED) is 0.479. The van der Waals surface area contributed by atoms with Crippen molar-refractivity contribution in [3.63, 3.8) is 0 Å². The van der Waals surface area contributed by atoms with Crippen LogP contribution in [0.25, 0.3) is 0 Å². The van der Waals surface area contributed by atoms with Crippen molar-refractivity contribution in [2.24, 2.45) is 0 Å². The van der Waals surface area contributed by atoms with Gasteiger partial charge in [-0.15, -0.1) is 0 Å². The summed E-state index contributed by atoms with van der Waals surface area (Å²) in [5, 5.41) is 0. The smallest absolute Gasteiger partial charge is 0.305 e. The Labute approximate surface area is 129 Å². The lowest BCUT2D eigenvalue weighted by Gasteiger charge is -2.04. The van der Waals surface area contributed by atoms with Crippen LogP contribution in [0.15, 0.2) is 12.2 Å². The van der Waals surface area contributed by atoms with Gasteiger partial charge in [0.15, 0.2) is 0 Å². The molecule has 0 saturated carbocycles. The minimum atomic E-state index is -0.0472. The van der Waals surface area contributed by atoms with Gasteiger partial charge in [0.2, 0.25) is 0 Å². The third-order valence-corrected chi connectivity index (χ3v) is 3.87. The largest absolute Gasteiger partial charge is 0.466 e. The second-order valence-electron chi connectivity index (χ2n) is 5.89. The van der Waals surface area contributed by atoms with Crippen molar-refractivity contribution in [3.8, 4) is 0 Å².